The first-order chi connectivity index (χ1) is 9.46. The number of carbonyl (C=O) groups excluding carboxylic acids is 1. The molecule has 112 valence electrons. The molecule has 0 spiro atoms. The van der Waals surface area contributed by atoms with Crippen molar-refractivity contribution in [2.75, 3.05) is 6.61 Å². The fraction of sp³-hybridized carbons (Fsp3) is 0.917. The number of hydrogen-bond donors (Lipinski definition) is 0. The lowest BCUT2D eigenvalue weighted by molar-refractivity contribution is -0.207. The van der Waals surface area contributed by atoms with Gasteiger partial charge in [0.25, 0.3) is 0 Å². The number of fused-ring (bicyclic) bond motifs is 1. The summed E-state index contributed by atoms with van der Waals surface area (Å²) >= 11 is 0. The molecular weight excluding hydrogens is 266 g/mol. The van der Waals surface area contributed by atoms with Gasteiger partial charge in [0.05, 0.1) is 18.8 Å². The first kappa shape index (κ1) is 15.1. The quantitative estimate of drug-likeness (QED) is 0.332. The van der Waals surface area contributed by atoms with Crippen molar-refractivity contribution < 1.29 is 23.7 Å². The van der Waals surface area contributed by atoms with Crippen LogP contribution >= 0.6 is 0 Å². The van der Waals surface area contributed by atoms with E-state index in [-0.39, 0.29) is 12.4 Å². The molecule has 2 fully saturated rings. The highest BCUT2D eigenvalue weighted by Gasteiger charge is 2.54. The van der Waals surface area contributed by atoms with E-state index in [0.717, 1.165) is 0 Å². The standard InChI is InChI=1S/C12H19N3O5/c1-4-17-8(16)6-5-7-9(14-15-13)10-11(18-7)20-12(2,3)19-10/h7,9-11H,4-6H2,1-3H3/t7-,9-,10-,11-/m1/s1. The maximum Gasteiger partial charge on any atom is 0.305 e. The molecule has 0 aliphatic carbocycles. The van der Waals surface area contributed by atoms with Crippen LogP contribution in [0.25, 0.3) is 10.4 Å². The molecule has 20 heavy (non-hydrogen) atoms. The van der Waals surface area contributed by atoms with E-state index in [0.29, 0.717) is 13.0 Å². The third-order valence-electron chi connectivity index (χ3n) is 3.24. The van der Waals surface area contributed by atoms with Crippen molar-refractivity contribution in [1.29, 1.82) is 0 Å². The van der Waals surface area contributed by atoms with Gasteiger partial charge in [0.1, 0.15) is 6.10 Å². The summed E-state index contributed by atoms with van der Waals surface area (Å²) < 4.78 is 21.8. The molecule has 0 saturated carbocycles. The monoisotopic (exact) mass is 285 g/mol. The van der Waals surface area contributed by atoms with E-state index in [1.807, 2.05) is 0 Å². The van der Waals surface area contributed by atoms with E-state index in [1.54, 1.807) is 20.8 Å². The Morgan fingerprint density at radius 2 is 2.20 bits per heavy atom. The number of hydrogen-bond acceptors (Lipinski definition) is 6. The Morgan fingerprint density at radius 1 is 1.45 bits per heavy atom. The van der Waals surface area contributed by atoms with Crippen LogP contribution in [0.4, 0.5) is 0 Å². The molecule has 2 aliphatic rings. The maximum atomic E-state index is 11.4. The Labute approximate surface area is 116 Å². The van der Waals surface area contributed by atoms with Gasteiger partial charge in [-0.1, -0.05) is 5.11 Å². The largest absolute Gasteiger partial charge is 0.466 e. The predicted octanol–water partition coefficient (Wildman–Crippen LogP) is 1.88. The Kier molecular flexibility index (Phi) is 4.49. The van der Waals surface area contributed by atoms with Crippen molar-refractivity contribution >= 4 is 5.97 Å². The fourth-order valence-electron chi connectivity index (χ4n) is 2.49. The van der Waals surface area contributed by atoms with Crippen molar-refractivity contribution in [1.82, 2.24) is 0 Å². The molecule has 0 N–H and O–H groups in total. The molecule has 0 aromatic heterocycles. The molecule has 2 heterocycles. The third kappa shape index (κ3) is 3.21. The molecular formula is C12H19N3O5. The highest BCUT2D eigenvalue weighted by molar-refractivity contribution is 5.69. The zero-order valence-electron chi connectivity index (χ0n) is 11.8. The molecule has 0 amide bonds. The van der Waals surface area contributed by atoms with E-state index in [1.165, 1.54) is 0 Å². The maximum absolute atomic E-state index is 11.4. The normalized spacial score (nSPS) is 34.4. The summed E-state index contributed by atoms with van der Waals surface area (Å²) in [5, 5.41) is 3.74. The first-order valence-electron chi connectivity index (χ1n) is 6.68. The molecule has 0 aromatic carbocycles. The van der Waals surface area contributed by atoms with Crippen LogP contribution in [0.2, 0.25) is 0 Å². The molecule has 0 unspecified atom stereocenters. The summed E-state index contributed by atoms with van der Waals surface area (Å²) in [6, 6.07) is -0.499. The van der Waals surface area contributed by atoms with Crippen LogP contribution < -0.4 is 0 Å². The van der Waals surface area contributed by atoms with Gasteiger partial charge in [0, 0.05) is 11.3 Å². The average molecular weight is 285 g/mol. The fourth-order valence-corrected chi connectivity index (χ4v) is 2.49. The highest BCUT2D eigenvalue weighted by atomic mass is 16.8. The van der Waals surface area contributed by atoms with Crippen molar-refractivity contribution in [2.45, 2.75) is 63.9 Å². The first-order valence-corrected chi connectivity index (χ1v) is 6.68. The van der Waals surface area contributed by atoms with Crippen molar-refractivity contribution in [3.8, 4) is 0 Å². The van der Waals surface area contributed by atoms with Crippen LogP contribution in [0, 0.1) is 0 Å². The van der Waals surface area contributed by atoms with Gasteiger partial charge >= 0.3 is 5.97 Å². The summed E-state index contributed by atoms with van der Waals surface area (Å²) in [4.78, 5) is 14.2. The van der Waals surface area contributed by atoms with Gasteiger partial charge in [0.2, 0.25) is 0 Å². The van der Waals surface area contributed by atoms with Crippen LogP contribution in [-0.2, 0) is 23.7 Å². The summed E-state index contributed by atoms with van der Waals surface area (Å²) in [6.07, 6.45) is -0.788. The SMILES string of the molecule is CCOC(=O)CC[C@H]1O[C@@H]2OC(C)(C)O[C@@H]2[C@@H]1N=[N+]=[N-]. The van der Waals surface area contributed by atoms with Gasteiger partial charge in [-0.2, -0.15) is 0 Å². The van der Waals surface area contributed by atoms with Gasteiger partial charge in [-0.3, -0.25) is 4.79 Å². The van der Waals surface area contributed by atoms with E-state index in [2.05, 4.69) is 10.0 Å². The van der Waals surface area contributed by atoms with E-state index in [9.17, 15) is 4.79 Å². The number of ether oxygens (including phenoxy) is 4. The predicted molar refractivity (Wildman–Crippen MR) is 67.5 cm³/mol. The molecule has 2 saturated heterocycles. The minimum absolute atomic E-state index is 0.207. The second kappa shape index (κ2) is 5.97. The van der Waals surface area contributed by atoms with Gasteiger partial charge in [-0.15, -0.1) is 0 Å². The lowest BCUT2D eigenvalue weighted by Crippen LogP contribution is -2.33. The molecule has 8 nitrogen and oxygen atoms in total. The van der Waals surface area contributed by atoms with Gasteiger partial charge in [-0.05, 0) is 32.7 Å². The topological polar surface area (TPSA) is 103 Å². The minimum Gasteiger partial charge on any atom is -0.466 e. The lowest BCUT2D eigenvalue weighted by Gasteiger charge is -2.23. The van der Waals surface area contributed by atoms with E-state index < -0.39 is 30.3 Å². The van der Waals surface area contributed by atoms with Crippen LogP contribution in [0.15, 0.2) is 5.11 Å². The molecule has 2 rings (SSSR count). The molecule has 4 atom stereocenters. The average Bonchev–Trinajstić information content (AvgIpc) is 2.81. The molecule has 0 bridgehead atoms. The number of rotatable bonds is 5. The second-order valence-electron chi connectivity index (χ2n) is 5.18. The third-order valence-corrected chi connectivity index (χ3v) is 3.24. The summed E-state index contributed by atoms with van der Waals surface area (Å²) in [6.45, 7) is 5.64. The second-order valence-corrected chi connectivity index (χ2v) is 5.18. The zero-order valence-corrected chi connectivity index (χ0v) is 11.8. The Hall–Kier alpha value is -1.34. The summed E-state index contributed by atoms with van der Waals surface area (Å²) in [5.41, 5.74) is 8.67. The van der Waals surface area contributed by atoms with Crippen LogP contribution in [0.1, 0.15) is 33.6 Å². The molecule has 0 aromatic rings. The molecule has 2 aliphatic heterocycles. The lowest BCUT2D eigenvalue weighted by atomic mass is 10.0. The van der Waals surface area contributed by atoms with Crippen molar-refractivity contribution in [3.63, 3.8) is 0 Å². The van der Waals surface area contributed by atoms with Crippen molar-refractivity contribution in [2.24, 2.45) is 5.11 Å². The molecule has 0 radical (unpaired) electrons. The van der Waals surface area contributed by atoms with E-state index in [4.69, 9.17) is 24.5 Å². The number of esters is 1. The van der Waals surface area contributed by atoms with Crippen LogP contribution in [0.5, 0.6) is 0 Å². The van der Waals surface area contributed by atoms with E-state index >= 15 is 0 Å². The van der Waals surface area contributed by atoms with Crippen LogP contribution in [-0.4, -0.2) is 42.9 Å². The number of carbonyl (C=O) groups is 1. The summed E-state index contributed by atoms with van der Waals surface area (Å²) in [7, 11) is 0. The number of azide groups is 1. The van der Waals surface area contributed by atoms with Crippen molar-refractivity contribution in [3.05, 3.63) is 10.4 Å². The summed E-state index contributed by atoms with van der Waals surface area (Å²) in [5.74, 6) is -1.06. The highest BCUT2D eigenvalue weighted by Crippen LogP contribution is 2.39. The zero-order chi connectivity index (χ0) is 14.8. The minimum atomic E-state index is -0.759. The molecule has 8 heteroatoms. The van der Waals surface area contributed by atoms with Crippen LogP contribution in [0.3, 0.4) is 0 Å². The smallest absolute Gasteiger partial charge is 0.305 e. The van der Waals surface area contributed by atoms with Gasteiger partial charge < -0.3 is 18.9 Å². The number of nitrogens with zero attached hydrogens (tertiary/aromatic N) is 3. The Balaban J connectivity index is 1.97. The van der Waals surface area contributed by atoms with Gasteiger partial charge in [0.15, 0.2) is 12.1 Å². The Morgan fingerprint density at radius 3 is 2.85 bits per heavy atom. The van der Waals surface area contributed by atoms with Gasteiger partial charge in [-0.25, -0.2) is 0 Å². The Bertz CT molecular complexity index is 421.